The highest BCUT2D eigenvalue weighted by molar-refractivity contribution is 5.81. The summed E-state index contributed by atoms with van der Waals surface area (Å²) in [5.74, 6) is 0.789. The Labute approximate surface area is 150 Å². The smallest absolute Gasteiger partial charge is 0.351 e. The average Bonchev–Trinajstić information content (AvgIpc) is 3.02. The van der Waals surface area contributed by atoms with Crippen molar-refractivity contribution in [3.63, 3.8) is 0 Å². The lowest BCUT2D eigenvalue weighted by molar-refractivity contribution is -0.158. The molecule has 3 aromatic rings. The average molecular weight is 344 g/mol. The molecule has 5 rings (SSSR count). The van der Waals surface area contributed by atoms with Crippen LogP contribution in [0.15, 0.2) is 72.8 Å². The van der Waals surface area contributed by atoms with E-state index in [4.69, 9.17) is 14.2 Å². The van der Waals surface area contributed by atoms with Crippen LogP contribution in [0.25, 0.3) is 11.1 Å². The standard InChI is InChI=1S/C22H16O4/c23-22(20-13-24-18-11-5-6-12-19(18)25-20)26-21-16-9-3-1-7-14(16)15-8-2-4-10-17(15)21/h1-12,20-21H,13H2/t20-/m0/s1. The zero-order valence-electron chi connectivity index (χ0n) is 13.9. The van der Waals surface area contributed by atoms with Gasteiger partial charge in [-0.25, -0.2) is 4.79 Å². The quantitative estimate of drug-likeness (QED) is 0.656. The Bertz CT molecular complexity index is 949. The molecular weight excluding hydrogens is 328 g/mol. The number of esters is 1. The fraction of sp³-hybridized carbons (Fsp3) is 0.136. The number of ether oxygens (including phenoxy) is 3. The van der Waals surface area contributed by atoms with E-state index in [1.165, 1.54) is 0 Å². The Morgan fingerprint density at radius 1 is 0.808 bits per heavy atom. The Morgan fingerprint density at radius 3 is 2.08 bits per heavy atom. The minimum Gasteiger partial charge on any atom is -0.485 e. The van der Waals surface area contributed by atoms with Crippen LogP contribution in [0, 0.1) is 0 Å². The van der Waals surface area contributed by atoms with E-state index >= 15 is 0 Å². The minimum atomic E-state index is -0.773. The van der Waals surface area contributed by atoms with Crippen molar-refractivity contribution in [3.8, 4) is 22.6 Å². The third-order valence-electron chi connectivity index (χ3n) is 4.78. The number of carbonyl (C=O) groups is 1. The van der Waals surface area contributed by atoms with E-state index in [0.717, 1.165) is 22.3 Å². The van der Waals surface area contributed by atoms with Crippen molar-refractivity contribution >= 4 is 5.97 Å². The number of carbonyl (C=O) groups excluding carboxylic acids is 1. The molecule has 128 valence electrons. The fourth-order valence-electron chi connectivity index (χ4n) is 3.56. The van der Waals surface area contributed by atoms with Gasteiger partial charge in [0.05, 0.1) is 0 Å². The number of hydrogen-bond acceptors (Lipinski definition) is 4. The molecule has 0 amide bonds. The second kappa shape index (κ2) is 5.92. The van der Waals surface area contributed by atoms with Crippen LogP contribution in [0.4, 0.5) is 0 Å². The lowest BCUT2D eigenvalue weighted by Gasteiger charge is -2.26. The van der Waals surface area contributed by atoms with Gasteiger partial charge in [-0.15, -0.1) is 0 Å². The Balaban J connectivity index is 1.42. The summed E-state index contributed by atoms with van der Waals surface area (Å²) in [5, 5.41) is 0. The molecule has 1 atom stereocenters. The third kappa shape index (κ3) is 2.34. The molecule has 0 fully saturated rings. The molecule has 0 saturated carbocycles. The van der Waals surface area contributed by atoms with Crippen LogP contribution in [0.1, 0.15) is 17.2 Å². The summed E-state index contributed by atoms with van der Waals surface area (Å²) in [6.45, 7) is 0.145. The summed E-state index contributed by atoms with van der Waals surface area (Å²) in [4.78, 5) is 12.8. The van der Waals surface area contributed by atoms with Gasteiger partial charge in [-0.3, -0.25) is 0 Å². The lowest BCUT2D eigenvalue weighted by Crippen LogP contribution is -2.38. The van der Waals surface area contributed by atoms with Gasteiger partial charge >= 0.3 is 5.97 Å². The molecule has 1 aliphatic carbocycles. The molecule has 26 heavy (non-hydrogen) atoms. The number of hydrogen-bond donors (Lipinski definition) is 0. The Morgan fingerprint density at radius 2 is 1.38 bits per heavy atom. The van der Waals surface area contributed by atoms with Gasteiger partial charge in [0, 0.05) is 11.1 Å². The van der Waals surface area contributed by atoms with Crippen molar-refractivity contribution in [1.82, 2.24) is 0 Å². The summed E-state index contributed by atoms with van der Waals surface area (Å²) < 4.78 is 17.3. The molecule has 0 bridgehead atoms. The molecule has 0 radical (unpaired) electrons. The van der Waals surface area contributed by atoms with Gasteiger partial charge in [-0.2, -0.15) is 0 Å². The Kier molecular flexibility index (Phi) is 3.42. The normalized spacial score (nSPS) is 17.3. The third-order valence-corrected chi connectivity index (χ3v) is 4.78. The van der Waals surface area contributed by atoms with E-state index in [-0.39, 0.29) is 6.61 Å². The molecule has 1 aliphatic heterocycles. The predicted octanol–water partition coefficient (Wildman–Crippen LogP) is 4.14. The zero-order chi connectivity index (χ0) is 17.5. The molecule has 0 spiro atoms. The van der Waals surface area contributed by atoms with Crippen LogP contribution in [0.5, 0.6) is 11.5 Å². The predicted molar refractivity (Wildman–Crippen MR) is 96.2 cm³/mol. The number of rotatable bonds is 2. The number of benzene rings is 3. The number of para-hydroxylation sites is 2. The molecular formula is C22H16O4. The molecule has 1 heterocycles. The maximum atomic E-state index is 12.8. The van der Waals surface area contributed by atoms with Crippen molar-refractivity contribution < 1.29 is 19.0 Å². The van der Waals surface area contributed by atoms with E-state index in [2.05, 4.69) is 12.1 Å². The second-order valence-electron chi connectivity index (χ2n) is 6.36. The zero-order valence-corrected chi connectivity index (χ0v) is 13.9. The van der Waals surface area contributed by atoms with E-state index < -0.39 is 18.2 Å². The molecule has 4 heteroatoms. The van der Waals surface area contributed by atoms with Crippen molar-refractivity contribution in [3.05, 3.63) is 83.9 Å². The largest absolute Gasteiger partial charge is 0.485 e. The summed E-state index contributed by atoms with van der Waals surface area (Å²) in [7, 11) is 0. The fourth-order valence-corrected chi connectivity index (χ4v) is 3.56. The SMILES string of the molecule is O=C(OC1c2ccccc2-c2ccccc21)[C@@H]1COc2ccccc2O1. The van der Waals surface area contributed by atoms with Crippen LogP contribution in [-0.2, 0) is 9.53 Å². The van der Waals surface area contributed by atoms with Crippen LogP contribution < -0.4 is 9.47 Å². The van der Waals surface area contributed by atoms with Crippen LogP contribution in [0.3, 0.4) is 0 Å². The van der Waals surface area contributed by atoms with Crippen molar-refractivity contribution in [1.29, 1.82) is 0 Å². The first-order valence-corrected chi connectivity index (χ1v) is 8.58. The van der Waals surface area contributed by atoms with Crippen LogP contribution >= 0.6 is 0 Å². The first kappa shape index (κ1) is 15.0. The van der Waals surface area contributed by atoms with Gasteiger partial charge in [0.15, 0.2) is 17.6 Å². The summed E-state index contributed by atoms with van der Waals surface area (Å²) in [6.07, 6.45) is -1.19. The molecule has 0 aromatic heterocycles. The highest BCUT2D eigenvalue weighted by Gasteiger charge is 2.35. The van der Waals surface area contributed by atoms with Crippen molar-refractivity contribution in [2.45, 2.75) is 12.2 Å². The van der Waals surface area contributed by atoms with Crippen LogP contribution in [0.2, 0.25) is 0 Å². The molecule has 3 aromatic carbocycles. The Hall–Kier alpha value is -3.27. The summed E-state index contributed by atoms with van der Waals surface area (Å²) >= 11 is 0. The molecule has 0 unspecified atom stereocenters. The molecule has 0 N–H and O–H groups in total. The molecule has 4 nitrogen and oxygen atoms in total. The maximum absolute atomic E-state index is 12.8. The van der Waals surface area contributed by atoms with Gasteiger partial charge in [-0.05, 0) is 23.3 Å². The number of fused-ring (bicyclic) bond motifs is 4. The van der Waals surface area contributed by atoms with Crippen LogP contribution in [-0.4, -0.2) is 18.7 Å². The van der Waals surface area contributed by atoms with Gasteiger partial charge in [0.2, 0.25) is 6.10 Å². The highest BCUT2D eigenvalue weighted by Crippen LogP contribution is 2.45. The van der Waals surface area contributed by atoms with Gasteiger partial charge < -0.3 is 14.2 Å². The first-order chi connectivity index (χ1) is 12.8. The van der Waals surface area contributed by atoms with Gasteiger partial charge in [-0.1, -0.05) is 60.7 Å². The van der Waals surface area contributed by atoms with E-state index in [1.807, 2.05) is 54.6 Å². The van der Waals surface area contributed by atoms with Crippen molar-refractivity contribution in [2.75, 3.05) is 6.61 Å². The first-order valence-electron chi connectivity index (χ1n) is 8.58. The lowest BCUT2D eigenvalue weighted by atomic mass is 10.1. The minimum absolute atomic E-state index is 0.145. The summed E-state index contributed by atoms with van der Waals surface area (Å²) in [6, 6.07) is 23.3. The summed E-state index contributed by atoms with van der Waals surface area (Å²) in [5.41, 5.74) is 4.21. The monoisotopic (exact) mass is 344 g/mol. The van der Waals surface area contributed by atoms with E-state index in [1.54, 1.807) is 6.07 Å². The molecule has 0 saturated heterocycles. The highest BCUT2D eigenvalue weighted by atomic mass is 16.6. The van der Waals surface area contributed by atoms with Gasteiger partial charge in [0.1, 0.15) is 6.61 Å². The maximum Gasteiger partial charge on any atom is 0.351 e. The second-order valence-corrected chi connectivity index (χ2v) is 6.36. The van der Waals surface area contributed by atoms with E-state index in [0.29, 0.717) is 11.5 Å². The molecule has 2 aliphatic rings. The topological polar surface area (TPSA) is 44.8 Å². The van der Waals surface area contributed by atoms with Crippen molar-refractivity contribution in [2.24, 2.45) is 0 Å². The van der Waals surface area contributed by atoms with Gasteiger partial charge in [0.25, 0.3) is 0 Å². The van der Waals surface area contributed by atoms with E-state index in [9.17, 15) is 4.79 Å².